The minimum absolute atomic E-state index is 0.240. The van der Waals surface area contributed by atoms with Crippen LogP contribution in [0.1, 0.15) is 42.8 Å². The molecule has 1 aliphatic heterocycles. The van der Waals surface area contributed by atoms with Crippen LogP contribution in [-0.4, -0.2) is 36.4 Å². The third-order valence-electron chi connectivity index (χ3n) is 5.63. The maximum Gasteiger partial charge on any atom is 0.256 e. The number of hydrogen-bond donors (Lipinski definition) is 2. The topological polar surface area (TPSA) is 48.1 Å². The molecule has 180 valence electrons. The number of aryl methyl sites for hydroxylation is 2. The van der Waals surface area contributed by atoms with Gasteiger partial charge in [-0.15, -0.1) is 0 Å². The summed E-state index contributed by atoms with van der Waals surface area (Å²) in [7, 11) is 4.23. The largest absolute Gasteiger partial charge is 0.359 e. The molecule has 3 aromatic rings. The van der Waals surface area contributed by atoms with E-state index in [4.69, 9.17) is 0 Å². The zero-order valence-corrected chi connectivity index (χ0v) is 20.7. The van der Waals surface area contributed by atoms with Crippen LogP contribution in [0.15, 0.2) is 42.5 Å². The number of H-pyrrole nitrogens is 1. The number of anilines is 1. The quantitative estimate of drug-likeness (QED) is 0.414. The lowest BCUT2D eigenvalue weighted by atomic mass is 9.94. The summed E-state index contributed by atoms with van der Waals surface area (Å²) < 4.78 is 27.4. The van der Waals surface area contributed by atoms with E-state index in [1.807, 2.05) is 19.9 Å². The van der Waals surface area contributed by atoms with Crippen molar-refractivity contribution < 1.29 is 13.6 Å². The van der Waals surface area contributed by atoms with Crippen molar-refractivity contribution in [1.82, 2.24) is 9.88 Å². The Balaban J connectivity index is 0.000000350. The van der Waals surface area contributed by atoms with Crippen molar-refractivity contribution in [2.75, 3.05) is 26.0 Å². The Morgan fingerprint density at radius 1 is 1.03 bits per heavy atom. The van der Waals surface area contributed by atoms with Crippen molar-refractivity contribution >= 4 is 23.2 Å². The van der Waals surface area contributed by atoms with E-state index in [1.54, 1.807) is 24.3 Å². The van der Waals surface area contributed by atoms with Gasteiger partial charge in [0.1, 0.15) is 11.6 Å². The van der Waals surface area contributed by atoms with Gasteiger partial charge in [-0.05, 0) is 93.9 Å². The standard InChI is InChI=1S/C21H16F2N2O.C7H17N/c1-11-6-12(2)24-19(11)10-17-20-16(4-3-5-18(20)25-21(17)26)13-7-14(22)9-15(23)8-13;1-7(2)5-6-8(3)4/h3-10,24H,1-2H3,(H,25,26);7H,5-6H2,1-4H3/b17-10-;. The van der Waals surface area contributed by atoms with Crippen LogP contribution in [0.25, 0.3) is 22.8 Å². The molecule has 1 aromatic heterocycles. The lowest BCUT2D eigenvalue weighted by Gasteiger charge is -2.10. The van der Waals surface area contributed by atoms with Crippen molar-refractivity contribution in [3.63, 3.8) is 0 Å². The Morgan fingerprint density at radius 2 is 1.71 bits per heavy atom. The fourth-order valence-electron chi connectivity index (χ4n) is 3.90. The van der Waals surface area contributed by atoms with Gasteiger partial charge in [-0.2, -0.15) is 0 Å². The summed E-state index contributed by atoms with van der Waals surface area (Å²) in [6, 6.07) is 10.6. The number of fused-ring (bicyclic) bond motifs is 1. The van der Waals surface area contributed by atoms with E-state index >= 15 is 0 Å². The van der Waals surface area contributed by atoms with Gasteiger partial charge in [0.2, 0.25) is 0 Å². The predicted octanol–water partition coefficient (Wildman–Crippen LogP) is 6.66. The average Bonchev–Trinajstić information content (AvgIpc) is 3.23. The van der Waals surface area contributed by atoms with Crippen LogP contribution in [0.5, 0.6) is 0 Å². The summed E-state index contributed by atoms with van der Waals surface area (Å²) in [5, 5.41) is 2.82. The normalized spacial score (nSPS) is 13.8. The van der Waals surface area contributed by atoms with Crippen molar-refractivity contribution in [1.29, 1.82) is 0 Å². The monoisotopic (exact) mass is 465 g/mol. The lowest BCUT2D eigenvalue weighted by molar-refractivity contribution is -0.110. The first-order chi connectivity index (χ1) is 16.0. The summed E-state index contributed by atoms with van der Waals surface area (Å²) in [5.41, 5.74) is 5.58. The van der Waals surface area contributed by atoms with Gasteiger partial charge in [0.15, 0.2) is 0 Å². The second-order valence-electron chi connectivity index (χ2n) is 9.43. The van der Waals surface area contributed by atoms with E-state index in [9.17, 15) is 13.6 Å². The molecule has 0 bridgehead atoms. The predicted molar refractivity (Wildman–Crippen MR) is 137 cm³/mol. The maximum absolute atomic E-state index is 13.7. The smallest absolute Gasteiger partial charge is 0.256 e. The molecule has 2 heterocycles. The number of carbonyl (C=O) groups is 1. The number of carbonyl (C=O) groups excluding carboxylic acids is 1. The van der Waals surface area contributed by atoms with Gasteiger partial charge in [0.05, 0.1) is 5.57 Å². The van der Waals surface area contributed by atoms with Gasteiger partial charge in [0, 0.05) is 28.7 Å². The van der Waals surface area contributed by atoms with Crippen LogP contribution in [0, 0.1) is 31.4 Å². The van der Waals surface area contributed by atoms with Crippen LogP contribution >= 0.6 is 0 Å². The number of nitrogens with one attached hydrogen (secondary N) is 2. The van der Waals surface area contributed by atoms with E-state index in [2.05, 4.69) is 43.1 Å². The van der Waals surface area contributed by atoms with Gasteiger partial charge >= 0.3 is 0 Å². The first kappa shape index (κ1) is 25.4. The molecule has 0 unspecified atom stereocenters. The highest BCUT2D eigenvalue weighted by molar-refractivity contribution is 6.36. The second-order valence-corrected chi connectivity index (χ2v) is 9.43. The van der Waals surface area contributed by atoms with Crippen LogP contribution in [0.3, 0.4) is 0 Å². The third kappa shape index (κ3) is 6.20. The third-order valence-corrected chi connectivity index (χ3v) is 5.63. The van der Waals surface area contributed by atoms with Gasteiger partial charge in [0.25, 0.3) is 5.91 Å². The Kier molecular flexibility index (Phi) is 8.05. The van der Waals surface area contributed by atoms with Gasteiger partial charge in [-0.1, -0.05) is 26.0 Å². The number of aromatic nitrogens is 1. The van der Waals surface area contributed by atoms with Crippen LogP contribution in [0.2, 0.25) is 0 Å². The summed E-state index contributed by atoms with van der Waals surface area (Å²) >= 11 is 0. The van der Waals surface area contributed by atoms with Crippen molar-refractivity contribution in [2.24, 2.45) is 5.92 Å². The molecule has 1 aliphatic rings. The molecule has 0 radical (unpaired) electrons. The fourth-order valence-corrected chi connectivity index (χ4v) is 3.90. The highest BCUT2D eigenvalue weighted by Crippen LogP contribution is 2.40. The molecule has 0 saturated heterocycles. The zero-order valence-electron chi connectivity index (χ0n) is 20.7. The molecule has 1 amide bonds. The van der Waals surface area contributed by atoms with E-state index < -0.39 is 11.6 Å². The SMILES string of the molecule is CC(C)CCN(C)C.Cc1cc(C)c(/C=C2\C(=O)Nc3cccc(-c4cc(F)cc(F)c4)c32)[nH]1. The lowest BCUT2D eigenvalue weighted by Crippen LogP contribution is -2.14. The highest BCUT2D eigenvalue weighted by Gasteiger charge is 2.28. The van der Waals surface area contributed by atoms with Crippen LogP contribution in [0.4, 0.5) is 14.5 Å². The summed E-state index contributed by atoms with van der Waals surface area (Å²) in [5.74, 6) is -0.708. The number of rotatable bonds is 5. The molecule has 2 aromatic carbocycles. The number of benzene rings is 2. The molecule has 0 saturated carbocycles. The molecule has 6 heteroatoms. The summed E-state index contributed by atoms with van der Waals surface area (Å²) in [4.78, 5) is 18.0. The van der Waals surface area contributed by atoms with Gasteiger partial charge < -0.3 is 15.2 Å². The van der Waals surface area contributed by atoms with Gasteiger partial charge in [-0.3, -0.25) is 4.79 Å². The van der Waals surface area contributed by atoms with Crippen LogP contribution < -0.4 is 5.32 Å². The fraction of sp³-hybridized carbons (Fsp3) is 0.321. The molecule has 0 atom stereocenters. The first-order valence-electron chi connectivity index (χ1n) is 11.5. The molecule has 2 N–H and O–H groups in total. The minimum atomic E-state index is -0.656. The number of amides is 1. The Morgan fingerprint density at radius 3 is 2.24 bits per heavy atom. The van der Waals surface area contributed by atoms with Gasteiger partial charge in [-0.25, -0.2) is 8.78 Å². The Labute approximate surface area is 200 Å². The average molecular weight is 466 g/mol. The second kappa shape index (κ2) is 10.8. The molecule has 0 fully saturated rings. The van der Waals surface area contributed by atoms with Crippen molar-refractivity contribution in [3.05, 3.63) is 76.6 Å². The number of halogens is 2. The first-order valence-corrected chi connectivity index (χ1v) is 11.5. The zero-order chi connectivity index (χ0) is 25.0. The van der Waals surface area contributed by atoms with Crippen LogP contribution in [-0.2, 0) is 4.79 Å². The molecule has 4 nitrogen and oxygen atoms in total. The molecule has 0 spiro atoms. The molecule has 34 heavy (non-hydrogen) atoms. The molecule has 4 rings (SSSR count). The number of hydrogen-bond acceptors (Lipinski definition) is 2. The molecular formula is C28H33F2N3O. The minimum Gasteiger partial charge on any atom is -0.359 e. The van der Waals surface area contributed by atoms with E-state index in [-0.39, 0.29) is 5.91 Å². The number of nitrogens with zero attached hydrogens (tertiary/aromatic N) is 1. The molecular weight excluding hydrogens is 432 g/mol. The Bertz CT molecular complexity index is 1180. The Hall–Kier alpha value is -3.25. The number of aromatic amines is 1. The molecule has 0 aliphatic carbocycles. The highest BCUT2D eigenvalue weighted by atomic mass is 19.1. The van der Waals surface area contributed by atoms with Crippen molar-refractivity contribution in [3.8, 4) is 11.1 Å². The summed E-state index contributed by atoms with van der Waals surface area (Å²) in [6.07, 6.45) is 3.09. The summed E-state index contributed by atoms with van der Waals surface area (Å²) in [6.45, 7) is 9.63. The van der Waals surface area contributed by atoms with E-state index in [0.717, 1.165) is 28.9 Å². The van der Waals surface area contributed by atoms with E-state index in [0.29, 0.717) is 28.0 Å². The van der Waals surface area contributed by atoms with Crippen molar-refractivity contribution in [2.45, 2.75) is 34.1 Å². The van der Waals surface area contributed by atoms with E-state index in [1.165, 1.54) is 25.1 Å². The maximum atomic E-state index is 13.7.